The molecule has 0 saturated carbocycles. The number of benzene rings is 1. The first-order valence-electron chi connectivity index (χ1n) is 7.98. The minimum absolute atomic E-state index is 0.149. The van der Waals surface area contributed by atoms with Gasteiger partial charge < -0.3 is 15.2 Å². The van der Waals surface area contributed by atoms with Crippen molar-refractivity contribution < 1.29 is 13.9 Å². The third-order valence-electron chi connectivity index (χ3n) is 4.36. The lowest BCUT2D eigenvalue weighted by Crippen LogP contribution is -2.14. The molecule has 1 saturated heterocycles. The fourth-order valence-electron chi connectivity index (χ4n) is 3.07. The van der Waals surface area contributed by atoms with Crippen LogP contribution in [-0.4, -0.2) is 22.8 Å². The summed E-state index contributed by atoms with van der Waals surface area (Å²) in [5.41, 5.74) is 7.88. The molecular weight excluding hydrogens is 309 g/mol. The van der Waals surface area contributed by atoms with E-state index in [9.17, 15) is 4.39 Å². The Morgan fingerprint density at radius 3 is 2.79 bits per heavy atom. The van der Waals surface area contributed by atoms with Crippen LogP contribution in [0.1, 0.15) is 24.3 Å². The SMILES string of the molecule is Nc1ccc(Oc2cc(C3CCOCC3)cn3nccc23)c(F)c1. The lowest BCUT2D eigenvalue weighted by Gasteiger charge is -2.23. The monoisotopic (exact) mass is 327 g/mol. The van der Waals surface area contributed by atoms with Gasteiger partial charge in [-0.2, -0.15) is 5.10 Å². The average molecular weight is 327 g/mol. The lowest BCUT2D eigenvalue weighted by molar-refractivity contribution is 0.0852. The molecule has 0 radical (unpaired) electrons. The summed E-state index contributed by atoms with van der Waals surface area (Å²) >= 11 is 0. The smallest absolute Gasteiger partial charge is 0.167 e. The Morgan fingerprint density at radius 2 is 2.00 bits per heavy atom. The summed E-state index contributed by atoms with van der Waals surface area (Å²) in [6.07, 6.45) is 5.64. The van der Waals surface area contributed by atoms with Crippen LogP contribution in [0.5, 0.6) is 11.5 Å². The second-order valence-corrected chi connectivity index (χ2v) is 5.98. The molecule has 124 valence electrons. The number of halogens is 1. The van der Waals surface area contributed by atoms with Crippen molar-refractivity contribution >= 4 is 11.2 Å². The molecule has 24 heavy (non-hydrogen) atoms. The van der Waals surface area contributed by atoms with Crippen molar-refractivity contribution in [1.29, 1.82) is 0 Å². The Morgan fingerprint density at radius 1 is 1.17 bits per heavy atom. The normalized spacial score (nSPS) is 15.7. The van der Waals surface area contributed by atoms with Crippen LogP contribution in [0.3, 0.4) is 0 Å². The van der Waals surface area contributed by atoms with Gasteiger partial charge in [0.05, 0.1) is 6.20 Å². The van der Waals surface area contributed by atoms with Crippen molar-refractivity contribution in [3.8, 4) is 11.5 Å². The number of nitrogens with two attached hydrogens (primary N) is 1. The molecule has 2 N–H and O–H groups in total. The third-order valence-corrected chi connectivity index (χ3v) is 4.36. The van der Waals surface area contributed by atoms with Crippen LogP contribution in [0.25, 0.3) is 5.52 Å². The first-order chi connectivity index (χ1) is 11.7. The molecular formula is C18H18FN3O2. The number of hydrogen-bond acceptors (Lipinski definition) is 4. The van der Waals surface area contributed by atoms with Gasteiger partial charge in [0.15, 0.2) is 17.3 Å². The number of pyridine rings is 1. The first kappa shape index (κ1) is 15.0. The van der Waals surface area contributed by atoms with Gasteiger partial charge in [0.25, 0.3) is 0 Å². The van der Waals surface area contributed by atoms with E-state index in [1.54, 1.807) is 22.8 Å². The minimum atomic E-state index is -0.482. The largest absolute Gasteiger partial charge is 0.452 e. The highest BCUT2D eigenvalue weighted by Crippen LogP contribution is 2.34. The number of ether oxygens (including phenoxy) is 2. The predicted molar refractivity (Wildman–Crippen MR) is 88.9 cm³/mol. The maximum absolute atomic E-state index is 14.1. The molecule has 3 aromatic rings. The zero-order valence-electron chi connectivity index (χ0n) is 13.1. The Bertz CT molecular complexity index is 872. The summed E-state index contributed by atoms with van der Waals surface area (Å²) in [6.45, 7) is 1.51. The fourth-order valence-corrected chi connectivity index (χ4v) is 3.07. The highest BCUT2D eigenvalue weighted by atomic mass is 19.1. The van der Waals surface area contributed by atoms with Gasteiger partial charge in [-0.05, 0) is 48.6 Å². The van der Waals surface area contributed by atoms with Gasteiger partial charge in [-0.1, -0.05) is 0 Å². The van der Waals surface area contributed by atoms with Gasteiger partial charge in [-0.3, -0.25) is 0 Å². The highest BCUT2D eigenvalue weighted by molar-refractivity contribution is 5.61. The Hall–Kier alpha value is -2.60. The van der Waals surface area contributed by atoms with Gasteiger partial charge >= 0.3 is 0 Å². The summed E-state index contributed by atoms with van der Waals surface area (Å²) in [4.78, 5) is 0. The van der Waals surface area contributed by atoms with E-state index in [0.29, 0.717) is 17.4 Å². The molecule has 0 amide bonds. The van der Waals surface area contributed by atoms with Crippen LogP contribution in [-0.2, 0) is 4.74 Å². The van der Waals surface area contributed by atoms with E-state index in [4.69, 9.17) is 15.2 Å². The molecule has 0 bridgehead atoms. The van der Waals surface area contributed by atoms with Crippen molar-refractivity contribution in [1.82, 2.24) is 9.61 Å². The number of fused-ring (bicyclic) bond motifs is 1. The molecule has 2 aromatic heterocycles. The number of hydrogen-bond donors (Lipinski definition) is 1. The fraction of sp³-hybridized carbons (Fsp3) is 0.278. The van der Waals surface area contributed by atoms with Crippen LogP contribution >= 0.6 is 0 Å². The number of rotatable bonds is 3. The van der Waals surface area contributed by atoms with E-state index in [1.807, 2.05) is 18.3 Å². The van der Waals surface area contributed by atoms with Gasteiger partial charge in [0, 0.05) is 31.2 Å². The van der Waals surface area contributed by atoms with Crippen molar-refractivity contribution in [2.45, 2.75) is 18.8 Å². The van der Waals surface area contributed by atoms with Crippen LogP contribution in [0.4, 0.5) is 10.1 Å². The number of aromatic nitrogens is 2. The van der Waals surface area contributed by atoms with Crippen molar-refractivity contribution in [3.63, 3.8) is 0 Å². The molecule has 1 aliphatic heterocycles. The number of nitrogen functional groups attached to an aromatic ring is 1. The van der Waals surface area contributed by atoms with Crippen molar-refractivity contribution in [2.75, 3.05) is 18.9 Å². The summed E-state index contributed by atoms with van der Waals surface area (Å²) < 4.78 is 27.1. The van der Waals surface area contributed by atoms with E-state index < -0.39 is 5.82 Å². The predicted octanol–water partition coefficient (Wildman–Crippen LogP) is 3.74. The maximum Gasteiger partial charge on any atom is 0.167 e. The van der Waals surface area contributed by atoms with Crippen LogP contribution in [0.2, 0.25) is 0 Å². The van der Waals surface area contributed by atoms with Gasteiger partial charge in [0.1, 0.15) is 5.52 Å². The molecule has 1 aliphatic rings. The van der Waals surface area contributed by atoms with Crippen molar-refractivity contribution in [2.24, 2.45) is 0 Å². The van der Waals surface area contributed by atoms with E-state index in [-0.39, 0.29) is 5.75 Å². The summed E-state index contributed by atoms with van der Waals surface area (Å²) in [6, 6.07) is 8.24. The highest BCUT2D eigenvalue weighted by Gasteiger charge is 2.19. The Labute approximate surface area is 138 Å². The molecule has 0 aliphatic carbocycles. The summed E-state index contributed by atoms with van der Waals surface area (Å²) in [7, 11) is 0. The maximum atomic E-state index is 14.1. The van der Waals surface area contributed by atoms with Crippen LogP contribution in [0.15, 0.2) is 42.7 Å². The molecule has 6 heteroatoms. The second-order valence-electron chi connectivity index (χ2n) is 5.98. The first-order valence-corrected chi connectivity index (χ1v) is 7.98. The topological polar surface area (TPSA) is 61.8 Å². The van der Waals surface area contributed by atoms with Crippen LogP contribution in [0, 0.1) is 5.82 Å². The number of anilines is 1. The minimum Gasteiger partial charge on any atom is -0.452 e. The number of nitrogens with zero attached hydrogens (tertiary/aromatic N) is 2. The van der Waals surface area contributed by atoms with Crippen LogP contribution < -0.4 is 10.5 Å². The van der Waals surface area contributed by atoms with E-state index in [1.165, 1.54) is 6.07 Å². The molecule has 0 atom stereocenters. The zero-order valence-corrected chi connectivity index (χ0v) is 13.1. The quantitative estimate of drug-likeness (QED) is 0.744. The lowest BCUT2D eigenvalue weighted by atomic mass is 9.93. The standard InChI is InChI=1S/C18H18FN3O2/c19-15-10-14(20)1-2-17(15)24-18-9-13(12-4-7-23-8-5-12)11-22-16(18)3-6-21-22/h1-3,6,9-12H,4-5,7-8,20H2. The van der Waals surface area contributed by atoms with E-state index >= 15 is 0 Å². The van der Waals surface area contributed by atoms with E-state index in [0.717, 1.165) is 37.1 Å². The zero-order chi connectivity index (χ0) is 16.5. The average Bonchev–Trinajstić information content (AvgIpc) is 3.07. The van der Waals surface area contributed by atoms with Gasteiger partial charge in [0.2, 0.25) is 0 Å². The Kier molecular flexibility index (Phi) is 3.82. The third kappa shape index (κ3) is 2.80. The summed E-state index contributed by atoms with van der Waals surface area (Å²) in [5.74, 6) is 0.645. The van der Waals surface area contributed by atoms with Gasteiger partial charge in [-0.25, -0.2) is 8.91 Å². The molecule has 1 aromatic carbocycles. The molecule has 0 spiro atoms. The Balaban J connectivity index is 1.74. The molecule has 5 nitrogen and oxygen atoms in total. The van der Waals surface area contributed by atoms with E-state index in [2.05, 4.69) is 5.10 Å². The molecule has 3 heterocycles. The van der Waals surface area contributed by atoms with Gasteiger partial charge in [-0.15, -0.1) is 0 Å². The van der Waals surface area contributed by atoms with Crippen molar-refractivity contribution in [3.05, 3.63) is 54.1 Å². The summed E-state index contributed by atoms with van der Waals surface area (Å²) in [5, 5.41) is 4.30. The molecule has 1 fully saturated rings. The second kappa shape index (κ2) is 6.13. The molecule has 0 unspecified atom stereocenters. The molecule has 4 rings (SSSR count).